The SMILES string of the molecule is COc1ccc(OC)c(CN2CCN(C(=O)Cc3csc(NC(=O)c4ccsc4)n3)CC2)c1. The number of nitrogens with one attached hydrogen (secondary N) is 1. The number of methoxy groups -OCH3 is 2. The Bertz CT molecular complexity index is 1090. The van der Waals surface area contributed by atoms with Crippen molar-refractivity contribution in [2.24, 2.45) is 0 Å². The monoisotopic (exact) mass is 486 g/mol. The van der Waals surface area contributed by atoms with Crippen LogP contribution in [-0.2, 0) is 17.8 Å². The molecule has 0 radical (unpaired) electrons. The summed E-state index contributed by atoms with van der Waals surface area (Å²) < 4.78 is 10.8. The molecule has 3 aromatic rings. The quantitative estimate of drug-likeness (QED) is 0.526. The van der Waals surface area contributed by atoms with E-state index in [2.05, 4.69) is 15.2 Å². The Morgan fingerprint density at radius 3 is 2.61 bits per heavy atom. The van der Waals surface area contributed by atoms with Gasteiger partial charge in [0.2, 0.25) is 5.91 Å². The van der Waals surface area contributed by atoms with Gasteiger partial charge >= 0.3 is 0 Å². The molecule has 10 heteroatoms. The van der Waals surface area contributed by atoms with E-state index in [1.807, 2.05) is 33.9 Å². The van der Waals surface area contributed by atoms with Gasteiger partial charge in [-0.3, -0.25) is 19.8 Å². The molecular formula is C23H26N4O4S2. The summed E-state index contributed by atoms with van der Waals surface area (Å²) in [7, 11) is 3.32. The Kier molecular flexibility index (Phi) is 7.58. The highest BCUT2D eigenvalue weighted by Crippen LogP contribution is 2.26. The number of thiazole rings is 1. The van der Waals surface area contributed by atoms with Gasteiger partial charge in [0, 0.05) is 49.0 Å². The van der Waals surface area contributed by atoms with Crippen molar-refractivity contribution in [3.05, 3.63) is 57.2 Å². The number of carbonyl (C=O) groups excluding carboxylic acids is 2. The maximum Gasteiger partial charge on any atom is 0.258 e. The zero-order valence-electron chi connectivity index (χ0n) is 18.6. The fourth-order valence-corrected chi connectivity index (χ4v) is 5.02. The fraction of sp³-hybridized carbons (Fsp3) is 0.348. The minimum Gasteiger partial charge on any atom is -0.497 e. The lowest BCUT2D eigenvalue weighted by atomic mass is 10.1. The van der Waals surface area contributed by atoms with Crippen molar-refractivity contribution in [1.29, 1.82) is 0 Å². The second-order valence-corrected chi connectivity index (χ2v) is 9.26. The molecule has 174 valence electrons. The van der Waals surface area contributed by atoms with Crippen molar-refractivity contribution in [2.45, 2.75) is 13.0 Å². The van der Waals surface area contributed by atoms with Crippen LogP contribution in [0.5, 0.6) is 11.5 Å². The molecular weight excluding hydrogens is 460 g/mol. The Morgan fingerprint density at radius 1 is 1.09 bits per heavy atom. The summed E-state index contributed by atoms with van der Waals surface area (Å²) >= 11 is 2.80. The van der Waals surface area contributed by atoms with Gasteiger partial charge in [0.1, 0.15) is 11.5 Å². The third kappa shape index (κ3) is 5.89. The van der Waals surface area contributed by atoms with Gasteiger partial charge in [-0.25, -0.2) is 4.98 Å². The average molecular weight is 487 g/mol. The van der Waals surface area contributed by atoms with Gasteiger partial charge in [0.25, 0.3) is 5.91 Å². The van der Waals surface area contributed by atoms with Gasteiger partial charge in [-0.1, -0.05) is 0 Å². The van der Waals surface area contributed by atoms with Crippen molar-refractivity contribution < 1.29 is 19.1 Å². The molecule has 4 rings (SSSR count). The molecule has 1 aliphatic heterocycles. The number of thiophene rings is 1. The number of hydrogen-bond acceptors (Lipinski definition) is 8. The second kappa shape index (κ2) is 10.8. The predicted molar refractivity (Wildman–Crippen MR) is 129 cm³/mol. The van der Waals surface area contributed by atoms with E-state index < -0.39 is 0 Å². The van der Waals surface area contributed by atoms with Crippen molar-refractivity contribution >= 4 is 39.6 Å². The van der Waals surface area contributed by atoms with Gasteiger partial charge < -0.3 is 14.4 Å². The van der Waals surface area contributed by atoms with Gasteiger partial charge in [-0.2, -0.15) is 11.3 Å². The molecule has 2 amide bonds. The molecule has 1 aliphatic rings. The average Bonchev–Trinajstić information content (AvgIpc) is 3.52. The number of ether oxygens (including phenoxy) is 2. The molecule has 1 N–H and O–H groups in total. The number of amides is 2. The zero-order chi connectivity index (χ0) is 23.2. The molecule has 0 aliphatic carbocycles. The molecule has 1 aromatic carbocycles. The molecule has 0 spiro atoms. The maximum absolute atomic E-state index is 12.8. The van der Waals surface area contributed by atoms with Crippen LogP contribution in [0.1, 0.15) is 21.6 Å². The van der Waals surface area contributed by atoms with E-state index in [0.717, 1.165) is 36.7 Å². The highest BCUT2D eigenvalue weighted by atomic mass is 32.1. The zero-order valence-corrected chi connectivity index (χ0v) is 20.2. The highest BCUT2D eigenvalue weighted by molar-refractivity contribution is 7.14. The lowest BCUT2D eigenvalue weighted by molar-refractivity contribution is -0.132. The van der Waals surface area contributed by atoms with E-state index >= 15 is 0 Å². The van der Waals surface area contributed by atoms with Crippen molar-refractivity contribution in [3.8, 4) is 11.5 Å². The van der Waals surface area contributed by atoms with Crippen molar-refractivity contribution in [3.63, 3.8) is 0 Å². The highest BCUT2D eigenvalue weighted by Gasteiger charge is 2.23. The summed E-state index contributed by atoms with van der Waals surface area (Å²) in [6.07, 6.45) is 0.231. The minimum absolute atomic E-state index is 0.0506. The first-order chi connectivity index (χ1) is 16.1. The smallest absolute Gasteiger partial charge is 0.258 e. The number of carbonyl (C=O) groups is 2. The largest absolute Gasteiger partial charge is 0.497 e. The number of benzene rings is 1. The molecule has 3 heterocycles. The Hall–Kier alpha value is -2.95. The number of anilines is 1. The number of hydrogen-bond donors (Lipinski definition) is 1. The number of nitrogens with zero attached hydrogens (tertiary/aromatic N) is 3. The van der Waals surface area contributed by atoms with E-state index in [-0.39, 0.29) is 18.2 Å². The first-order valence-electron chi connectivity index (χ1n) is 10.5. The molecule has 0 unspecified atom stereocenters. The number of rotatable bonds is 8. The van der Waals surface area contributed by atoms with Crippen molar-refractivity contribution in [2.75, 3.05) is 45.7 Å². The molecule has 0 saturated carbocycles. The maximum atomic E-state index is 12.8. The molecule has 1 fully saturated rings. The lowest BCUT2D eigenvalue weighted by Gasteiger charge is -2.35. The number of aromatic nitrogens is 1. The molecule has 0 atom stereocenters. The third-order valence-corrected chi connectivity index (χ3v) is 6.98. The first kappa shape index (κ1) is 23.2. The van der Waals surface area contributed by atoms with E-state index in [0.29, 0.717) is 29.5 Å². The van der Waals surface area contributed by atoms with Crippen LogP contribution in [0.4, 0.5) is 5.13 Å². The van der Waals surface area contributed by atoms with Crippen LogP contribution in [0.15, 0.2) is 40.4 Å². The van der Waals surface area contributed by atoms with Crippen LogP contribution >= 0.6 is 22.7 Å². The summed E-state index contributed by atoms with van der Waals surface area (Å²) in [6, 6.07) is 7.56. The van der Waals surface area contributed by atoms with Crippen LogP contribution in [0.3, 0.4) is 0 Å². The standard InChI is InChI=1S/C23H26N4O4S2/c1-30-19-3-4-20(31-2)17(11-19)13-26-6-8-27(9-7-26)21(28)12-18-15-33-23(24-18)25-22(29)16-5-10-32-14-16/h3-5,10-11,14-15H,6-9,12-13H2,1-2H3,(H,24,25,29). The Balaban J connectivity index is 1.27. The van der Waals surface area contributed by atoms with Crippen LogP contribution in [-0.4, -0.2) is 67.0 Å². The van der Waals surface area contributed by atoms with Crippen LogP contribution < -0.4 is 14.8 Å². The topological polar surface area (TPSA) is 84.0 Å². The van der Waals surface area contributed by atoms with Gasteiger partial charge in [-0.05, 0) is 29.6 Å². The second-order valence-electron chi connectivity index (χ2n) is 7.62. The van der Waals surface area contributed by atoms with Crippen LogP contribution in [0.2, 0.25) is 0 Å². The summed E-state index contributed by atoms with van der Waals surface area (Å²) in [5, 5.41) is 8.76. The van der Waals surface area contributed by atoms with Crippen molar-refractivity contribution in [1.82, 2.24) is 14.8 Å². The minimum atomic E-state index is -0.188. The van der Waals surface area contributed by atoms with E-state index in [1.54, 1.807) is 25.7 Å². The number of piperazine rings is 1. The van der Waals surface area contributed by atoms with Crippen LogP contribution in [0, 0.1) is 0 Å². The van der Waals surface area contributed by atoms with E-state index in [4.69, 9.17) is 9.47 Å². The normalized spacial score (nSPS) is 14.2. The Morgan fingerprint density at radius 2 is 1.91 bits per heavy atom. The summed E-state index contributed by atoms with van der Waals surface area (Å²) in [6.45, 7) is 3.63. The summed E-state index contributed by atoms with van der Waals surface area (Å²) in [5.41, 5.74) is 2.35. The van der Waals surface area contributed by atoms with Gasteiger partial charge in [-0.15, -0.1) is 11.3 Å². The molecule has 1 saturated heterocycles. The van der Waals surface area contributed by atoms with Gasteiger partial charge in [0.05, 0.1) is 31.9 Å². The molecule has 8 nitrogen and oxygen atoms in total. The summed E-state index contributed by atoms with van der Waals surface area (Å²) in [5.74, 6) is 1.50. The third-order valence-electron chi connectivity index (χ3n) is 5.49. The van der Waals surface area contributed by atoms with E-state index in [1.165, 1.54) is 22.7 Å². The first-order valence-corrected chi connectivity index (χ1v) is 12.4. The molecule has 33 heavy (non-hydrogen) atoms. The predicted octanol–water partition coefficient (Wildman–Crippen LogP) is 3.36. The van der Waals surface area contributed by atoms with E-state index in [9.17, 15) is 9.59 Å². The molecule has 2 aromatic heterocycles. The molecule has 0 bridgehead atoms. The summed E-state index contributed by atoms with van der Waals surface area (Å²) in [4.78, 5) is 33.5. The lowest BCUT2D eigenvalue weighted by Crippen LogP contribution is -2.48. The van der Waals surface area contributed by atoms with Gasteiger partial charge in [0.15, 0.2) is 5.13 Å². The van der Waals surface area contributed by atoms with Crippen LogP contribution in [0.25, 0.3) is 0 Å². The fourth-order valence-electron chi connectivity index (χ4n) is 3.68. The Labute approximate surface area is 200 Å².